The second-order valence-corrected chi connectivity index (χ2v) is 9.95. The molecule has 1 saturated carbocycles. The van der Waals surface area contributed by atoms with Crippen LogP contribution < -0.4 is 5.32 Å². The highest BCUT2D eigenvalue weighted by Crippen LogP contribution is 2.59. The minimum Gasteiger partial charge on any atom is -0.459 e. The van der Waals surface area contributed by atoms with Crippen LogP contribution in [0.2, 0.25) is 0 Å². The lowest BCUT2D eigenvalue weighted by molar-refractivity contribution is -0.171. The van der Waals surface area contributed by atoms with E-state index in [1.165, 1.54) is 5.57 Å². The molecule has 7 atom stereocenters. The normalized spacial score (nSPS) is 38.4. The molecule has 0 aromatic rings. The minimum absolute atomic E-state index is 0.0535. The number of esters is 1. The van der Waals surface area contributed by atoms with Gasteiger partial charge in [0.05, 0.1) is 25.2 Å². The molecule has 2 aliphatic heterocycles. The van der Waals surface area contributed by atoms with E-state index in [2.05, 4.69) is 44.0 Å². The summed E-state index contributed by atoms with van der Waals surface area (Å²) in [4.78, 5) is 14.6. The predicted octanol–water partition coefficient (Wildman–Crippen LogP) is 2.15. The maximum Gasteiger partial charge on any atom is 0.320 e. The number of carbonyl (C=O) groups excluding carboxylic acids is 1. The highest BCUT2D eigenvalue weighted by atomic mass is 16.6. The van der Waals surface area contributed by atoms with Crippen molar-refractivity contribution in [2.45, 2.75) is 82.5 Å². The van der Waals surface area contributed by atoms with Crippen molar-refractivity contribution in [3.63, 3.8) is 0 Å². The Morgan fingerprint density at radius 1 is 1.37 bits per heavy atom. The Morgan fingerprint density at radius 2 is 2.07 bits per heavy atom. The fraction of sp³-hybridized carbons (Fsp3) is 0.870. The van der Waals surface area contributed by atoms with Crippen molar-refractivity contribution < 1.29 is 23.7 Å². The Labute approximate surface area is 181 Å². The molecule has 1 unspecified atom stereocenters. The van der Waals surface area contributed by atoms with Crippen LogP contribution in [0.3, 0.4) is 0 Å². The number of carbonyl (C=O) groups is 1. The van der Waals surface area contributed by atoms with E-state index in [-0.39, 0.29) is 54.0 Å². The standard InChI is InChI=1S/C23H40N2O5/c1-15(2)8-9-18-22(4,30-18)21-20(27-7)17(10-11-23(21)14-28-23)29-19(26)12-24-16(3)13-25(5)6/h8,16-18,20-21,24H,9-14H2,1-7H3/t16?,17-,18-,20-,21-,22-,23+/m1/s1. The molecular weight excluding hydrogens is 384 g/mol. The number of likely N-dealkylation sites (N-methyl/N-ethyl adjacent to an activating group) is 1. The van der Waals surface area contributed by atoms with Gasteiger partial charge in [-0.05, 0) is 61.1 Å². The third-order valence-electron chi connectivity index (χ3n) is 6.75. The number of methoxy groups -OCH3 is 1. The smallest absolute Gasteiger partial charge is 0.320 e. The average Bonchev–Trinajstić information content (AvgIpc) is 3.57. The molecule has 172 valence electrons. The van der Waals surface area contributed by atoms with Gasteiger partial charge in [0.1, 0.15) is 23.4 Å². The number of ether oxygens (including phenoxy) is 4. The van der Waals surface area contributed by atoms with Crippen LogP contribution in [0.5, 0.6) is 0 Å². The van der Waals surface area contributed by atoms with Crippen molar-refractivity contribution in [1.29, 1.82) is 0 Å². The van der Waals surface area contributed by atoms with Gasteiger partial charge in [-0.2, -0.15) is 0 Å². The van der Waals surface area contributed by atoms with Gasteiger partial charge in [0, 0.05) is 19.7 Å². The van der Waals surface area contributed by atoms with Crippen LogP contribution in [0, 0.1) is 5.92 Å². The highest BCUT2D eigenvalue weighted by Gasteiger charge is 2.72. The van der Waals surface area contributed by atoms with Crippen molar-refractivity contribution in [1.82, 2.24) is 10.2 Å². The molecule has 0 aromatic heterocycles. The van der Waals surface area contributed by atoms with Gasteiger partial charge in [-0.3, -0.25) is 4.79 Å². The monoisotopic (exact) mass is 424 g/mol. The van der Waals surface area contributed by atoms with E-state index >= 15 is 0 Å². The summed E-state index contributed by atoms with van der Waals surface area (Å²) >= 11 is 0. The fourth-order valence-electron chi connectivity index (χ4n) is 5.15. The molecule has 0 radical (unpaired) electrons. The van der Waals surface area contributed by atoms with Crippen LogP contribution in [0.4, 0.5) is 0 Å². The van der Waals surface area contributed by atoms with E-state index in [0.29, 0.717) is 0 Å². The Hall–Kier alpha value is -0.990. The van der Waals surface area contributed by atoms with Crippen LogP contribution in [-0.4, -0.2) is 87.3 Å². The average molecular weight is 425 g/mol. The van der Waals surface area contributed by atoms with Crippen LogP contribution in [0.1, 0.15) is 47.0 Å². The van der Waals surface area contributed by atoms with Crippen molar-refractivity contribution in [3.05, 3.63) is 11.6 Å². The highest BCUT2D eigenvalue weighted by molar-refractivity contribution is 5.72. The minimum atomic E-state index is -0.313. The molecule has 2 saturated heterocycles. The molecule has 0 aromatic carbocycles. The van der Waals surface area contributed by atoms with Crippen LogP contribution in [0.15, 0.2) is 11.6 Å². The number of hydrogen-bond acceptors (Lipinski definition) is 7. The van der Waals surface area contributed by atoms with Crippen molar-refractivity contribution in [2.24, 2.45) is 5.92 Å². The quantitative estimate of drug-likeness (QED) is 0.327. The Morgan fingerprint density at radius 3 is 2.63 bits per heavy atom. The van der Waals surface area contributed by atoms with Crippen LogP contribution in [-0.2, 0) is 23.7 Å². The zero-order valence-corrected chi connectivity index (χ0v) is 19.7. The number of allylic oxidation sites excluding steroid dienone is 1. The molecule has 3 fully saturated rings. The van der Waals surface area contributed by atoms with Gasteiger partial charge in [0.25, 0.3) is 0 Å². The topological polar surface area (TPSA) is 75.9 Å². The molecule has 3 aliphatic rings. The molecule has 7 nitrogen and oxygen atoms in total. The van der Waals surface area contributed by atoms with E-state index < -0.39 is 0 Å². The first-order chi connectivity index (χ1) is 14.1. The molecule has 2 heterocycles. The number of epoxide rings is 2. The van der Waals surface area contributed by atoms with E-state index in [1.807, 2.05) is 14.1 Å². The van der Waals surface area contributed by atoms with Crippen molar-refractivity contribution in [2.75, 3.05) is 40.9 Å². The molecule has 30 heavy (non-hydrogen) atoms. The zero-order valence-electron chi connectivity index (χ0n) is 19.7. The SMILES string of the molecule is CO[C@@H]1[C@H](OC(=O)CNC(C)CN(C)C)CC[C@]2(CO2)[C@H]1[C@]1(C)O[C@@H]1CC=C(C)C. The summed E-state index contributed by atoms with van der Waals surface area (Å²) in [6.45, 7) is 10.2. The Kier molecular flexibility index (Phi) is 7.30. The van der Waals surface area contributed by atoms with Gasteiger partial charge in [0.15, 0.2) is 0 Å². The Balaban J connectivity index is 1.62. The second kappa shape index (κ2) is 9.25. The Bertz CT molecular complexity index is 644. The summed E-state index contributed by atoms with van der Waals surface area (Å²) < 4.78 is 24.0. The largest absolute Gasteiger partial charge is 0.459 e. The summed E-state index contributed by atoms with van der Waals surface area (Å²) in [5, 5.41) is 3.24. The van der Waals surface area contributed by atoms with Gasteiger partial charge in [-0.25, -0.2) is 0 Å². The second-order valence-electron chi connectivity index (χ2n) is 9.95. The molecule has 1 aliphatic carbocycles. The third-order valence-corrected chi connectivity index (χ3v) is 6.75. The van der Waals surface area contributed by atoms with E-state index in [1.54, 1.807) is 7.11 Å². The zero-order chi connectivity index (χ0) is 22.1. The third kappa shape index (κ3) is 5.25. The van der Waals surface area contributed by atoms with E-state index in [0.717, 1.165) is 32.4 Å². The summed E-state index contributed by atoms with van der Waals surface area (Å²) in [6, 6.07) is 0.211. The molecule has 1 N–H and O–H groups in total. The summed E-state index contributed by atoms with van der Waals surface area (Å²) in [5.41, 5.74) is 0.781. The van der Waals surface area contributed by atoms with Gasteiger partial charge >= 0.3 is 5.97 Å². The molecule has 0 amide bonds. The maximum atomic E-state index is 12.5. The summed E-state index contributed by atoms with van der Waals surface area (Å²) in [7, 11) is 5.74. The molecule has 3 rings (SSSR count). The van der Waals surface area contributed by atoms with Crippen LogP contribution >= 0.6 is 0 Å². The predicted molar refractivity (Wildman–Crippen MR) is 115 cm³/mol. The lowest BCUT2D eigenvalue weighted by atomic mass is 9.68. The number of hydrogen-bond donors (Lipinski definition) is 1. The summed E-state index contributed by atoms with van der Waals surface area (Å²) in [6.07, 6.45) is 4.37. The van der Waals surface area contributed by atoms with E-state index in [9.17, 15) is 4.79 Å². The molecule has 0 bridgehead atoms. The molecular formula is C23H40N2O5. The van der Waals surface area contributed by atoms with Gasteiger partial charge in [-0.1, -0.05) is 11.6 Å². The first-order valence-electron chi connectivity index (χ1n) is 11.2. The first kappa shape index (κ1) is 23.7. The van der Waals surface area contributed by atoms with Crippen molar-refractivity contribution >= 4 is 5.97 Å². The van der Waals surface area contributed by atoms with Gasteiger partial charge < -0.3 is 29.2 Å². The lowest BCUT2D eigenvalue weighted by Crippen LogP contribution is -2.56. The number of rotatable bonds is 10. The lowest BCUT2D eigenvalue weighted by Gasteiger charge is -2.42. The fourth-order valence-corrected chi connectivity index (χ4v) is 5.15. The molecule has 7 heteroatoms. The molecule has 1 spiro atoms. The van der Waals surface area contributed by atoms with E-state index in [4.69, 9.17) is 18.9 Å². The first-order valence-corrected chi connectivity index (χ1v) is 11.2. The summed E-state index contributed by atoms with van der Waals surface area (Å²) in [5.74, 6) is -0.181. The number of nitrogens with one attached hydrogen (secondary N) is 1. The van der Waals surface area contributed by atoms with Crippen LogP contribution in [0.25, 0.3) is 0 Å². The maximum absolute atomic E-state index is 12.5. The van der Waals surface area contributed by atoms with Crippen molar-refractivity contribution in [3.8, 4) is 0 Å². The van der Waals surface area contributed by atoms with Gasteiger partial charge in [-0.15, -0.1) is 0 Å². The van der Waals surface area contributed by atoms with Gasteiger partial charge in [0.2, 0.25) is 0 Å². The number of nitrogens with zero attached hydrogens (tertiary/aromatic N) is 1.